The van der Waals surface area contributed by atoms with Crippen molar-refractivity contribution in [3.63, 3.8) is 0 Å². The van der Waals surface area contributed by atoms with Crippen LogP contribution in [0.15, 0.2) is 0 Å². The number of aliphatic hydroxyl groups excluding tert-OH is 2. The van der Waals surface area contributed by atoms with Crippen LogP contribution in [0.2, 0.25) is 0 Å². The number of carboxylic acids is 1. The molecule has 0 fully saturated rings. The Kier molecular flexibility index (Phi) is 14.3. The number of phosphoric acid groups is 1. The summed E-state index contributed by atoms with van der Waals surface area (Å²) in [6.07, 6.45) is 1.65. The zero-order chi connectivity index (χ0) is 24.1. The predicted molar refractivity (Wildman–Crippen MR) is 114 cm³/mol. The first-order valence-corrected chi connectivity index (χ1v) is 12.6. The minimum Gasteiger partial charge on any atom is -0.479 e. The Morgan fingerprint density at radius 3 is 1.97 bits per heavy atom. The Labute approximate surface area is 184 Å². The molecular formula is C20H41O10P. The molecule has 10 nitrogen and oxygen atoms in total. The molecule has 0 bridgehead atoms. The van der Waals surface area contributed by atoms with Gasteiger partial charge in [0.25, 0.3) is 0 Å². The number of aliphatic hydroxyl groups is 3. The van der Waals surface area contributed by atoms with Gasteiger partial charge in [-0.15, -0.1) is 0 Å². The molecule has 0 amide bonds. The molecule has 0 aliphatic rings. The Bertz CT molecular complexity index is 554. The van der Waals surface area contributed by atoms with Gasteiger partial charge in [-0.3, -0.25) is 4.52 Å². The van der Waals surface area contributed by atoms with Crippen molar-refractivity contribution in [2.75, 3.05) is 13.2 Å². The van der Waals surface area contributed by atoms with Gasteiger partial charge < -0.3 is 34.9 Å². The lowest BCUT2D eigenvalue weighted by atomic mass is 9.71. The zero-order valence-corrected chi connectivity index (χ0v) is 19.8. The van der Waals surface area contributed by atoms with Gasteiger partial charge in [-0.1, -0.05) is 65.7 Å². The van der Waals surface area contributed by atoms with Gasteiger partial charge in [-0.05, 0) is 19.3 Å². The van der Waals surface area contributed by atoms with Crippen molar-refractivity contribution >= 4 is 13.8 Å². The van der Waals surface area contributed by atoms with Crippen LogP contribution in [0.25, 0.3) is 0 Å². The lowest BCUT2D eigenvalue weighted by molar-refractivity contribution is -0.251. The largest absolute Gasteiger partial charge is 0.479 e. The average Bonchev–Trinajstić information content (AvgIpc) is 2.70. The van der Waals surface area contributed by atoms with Gasteiger partial charge in [0.15, 0.2) is 5.60 Å². The second kappa shape index (κ2) is 14.5. The van der Waals surface area contributed by atoms with Crippen molar-refractivity contribution < 1.29 is 48.8 Å². The molecule has 6 N–H and O–H groups in total. The molecule has 0 rings (SSSR count). The molecule has 0 aliphatic carbocycles. The van der Waals surface area contributed by atoms with Crippen LogP contribution >= 0.6 is 7.82 Å². The third-order valence-electron chi connectivity index (χ3n) is 5.57. The van der Waals surface area contributed by atoms with E-state index in [-0.39, 0.29) is 19.4 Å². The first-order chi connectivity index (χ1) is 14.4. The molecular weight excluding hydrogens is 431 g/mol. The Balaban J connectivity index is 5.82. The summed E-state index contributed by atoms with van der Waals surface area (Å²) >= 11 is 0. The summed E-state index contributed by atoms with van der Waals surface area (Å²) in [4.78, 5) is 30.0. The van der Waals surface area contributed by atoms with Crippen LogP contribution in [0.1, 0.15) is 85.0 Å². The Morgan fingerprint density at radius 2 is 1.52 bits per heavy atom. The minimum absolute atomic E-state index is 0.0409. The molecule has 3 unspecified atom stereocenters. The van der Waals surface area contributed by atoms with E-state index >= 15 is 0 Å². The van der Waals surface area contributed by atoms with Crippen molar-refractivity contribution in [2.24, 2.45) is 0 Å². The zero-order valence-electron chi connectivity index (χ0n) is 18.9. The number of phosphoric ester groups is 1. The number of aliphatic carboxylic acids is 1. The fraction of sp³-hybridized carbons (Fsp3) is 0.950. The smallest absolute Gasteiger partial charge is 0.469 e. The molecule has 0 heterocycles. The second-order valence-corrected chi connectivity index (χ2v) is 9.17. The number of hydrogen-bond donors (Lipinski definition) is 6. The highest BCUT2D eigenvalue weighted by molar-refractivity contribution is 7.46. The van der Waals surface area contributed by atoms with Crippen LogP contribution in [0.5, 0.6) is 0 Å². The standard InChI is InChI=1S/C20H41O10P/c1-4-7-9-11-13-19(25,17(22)16(21)15-30-31(26,27)28)20(6-3,18(23)24)29-14-12-10-8-5-2/h16-17,21-22,25H,4-15H2,1-3H3,(H,23,24)(H2,26,27,28)/t16?,17?,19?,20-/m0/s1. The number of carbonyl (C=O) groups is 1. The number of ether oxygens (including phenoxy) is 1. The second-order valence-electron chi connectivity index (χ2n) is 7.93. The first kappa shape index (κ1) is 30.4. The number of carboxylic acid groups (broad SMARTS) is 1. The highest BCUT2D eigenvalue weighted by Gasteiger charge is 2.61. The summed E-state index contributed by atoms with van der Waals surface area (Å²) in [5.41, 5.74) is -4.63. The van der Waals surface area contributed by atoms with E-state index in [4.69, 9.17) is 14.5 Å². The van der Waals surface area contributed by atoms with E-state index in [0.29, 0.717) is 19.3 Å². The highest BCUT2D eigenvalue weighted by atomic mass is 31.2. The molecule has 11 heteroatoms. The lowest BCUT2D eigenvalue weighted by Crippen LogP contribution is -2.69. The van der Waals surface area contributed by atoms with Crippen LogP contribution in [0, 0.1) is 0 Å². The molecule has 0 saturated heterocycles. The van der Waals surface area contributed by atoms with Crippen molar-refractivity contribution in [2.45, 2.75) is 108 Å². The fourth-order valence-corrected chi connectivity index (χ4v) is 4.05. The Morgan fingerprint density at radius 1 is 0.968 bits per heavy atom. The van der Waals surface area contributed by atoms with Crippen LogP contribution in [-0.2, 0) is 18.6 Å². The summed E-state index contributed by atoms with van der Waals surface area (Å²) in [6.45, 7) is 4.57. The van der Waals surface area contributed by atoms with E-state index in [0.717, 1.165) is 32.1 Å². The van der Waals surface area contributed by atoms with Crippen molar-refractivity contribution in [1.29, 1.82) is 0 Å². The quantitative estimate of drug-likeness (QED) is 0.121. The third-order valence-corrected chi connectivity index (χ3v) is 6.05. The van der Waals surface area contributed by atoms with Crippen molar-refractivity contribution in [3.8, 4) is 0 Å². The van der Waals surface area contributed by atoms with Crippen LogP contribution in [0.3, 0.4) is 0 Å². The summed E-state index contributed by atoms with van der Waals surface area (Å²) in [7, 11) is -4.94. The van der Waals surface area contributed by atoms with Gasteiger partial charge in [0, 0.05) is 6.61 Å². The van der Waals surface area contributed by atoms with E-state index in [2.05, 4.69) is 4.52 Å². The molecule has 0 spiro atoms. The maximum absolute atomic E-state index is 12.3. The number of rotatable bonds is 19. The molecule has 0 aromatic heterocycles. The summed E-state index contributed by atoms with van der Waals surface area (Å²) in [5, 5.41) is 42.6. The van der Waals surface area contributed by atoms with Gasteiger partial charge in [0.05, 0.1) is 6.61 Å². The highest BCUT2D eigenvalue weighted by Crippen LogP contribution is 2.41. The molecule has 0 radical (unpaired) electrons. The molecule has 186 valence electrons. The van der Waals surface area contributed by atoms with Crippen molar-refractivity contribution in [1.82, 2.24) is 0 Å². The van der Waals surface area contributed by atoms with E-state index in [1.807, 2.05) is 13.8 Å². The van der Waals surface area contributed by atoms with Gasteiger partial charge in [-0.25, -0.2) is 9.36 Å². The monoisotopic (exact) mass is 472 g/mol. The number of unbranched alkanes of at least 4 members (excludes halogenated alkanes) is 6. The third kappa shape index (κ3) is 9.43. The van der Waals surface area contributed by atoms with Gasteiger partial charge >= 0.3 is 13.8 Å². The van der Waals surface area contributed by atoms with E-state index in [1.54, 1.807) is 0 Å². The van der Waals surface area contributed by atoms with Crippen LogP contribution < -0.4 is 0 Å². The molecule has 0 aliphatic heterocycles. The van der Waals surface area contributed by atoms with Gasteiger partial charge in [0.1, 0.15) is 17.8 Å². The number of hydrogen-bond acceptors (Lipinski definition) is 7. The minimum atomic E-state index is -4.94. The molecule has 4 atom stereocenters. The van der Waals surface area contributed by atoms with Crippen LogP contribution in [-0.4, -0.2) is 72.8 Å². The van der Waals surface area contributed by atoms with E-state index < -0.39 is 43.8 Å². The summed E-state index contributed by atoms with van der Waals surface area (Å²) in [6, 6.07) is 0. The fourth-order valence-electron chi connectivity index (χ4n) is 3.70. The maximum Gasteiger partial charge on any atom is 0.469 e. The average molecular weight is 473 g/mol. The predicted octanol–water partition coefficient (Wildman–Crippen LogP) is 2.35. The molecule has 0 aromatic rings. The topological polar surface area (TPSA) is 174 Å². The maximum atomic E-state index is 12.3. The van der Waals surface area contributed by atoms with Crippen LogP contribution in [0.4, 0.5) is 0 Å². The van der Waals surface area contributed by atoms with E-state index in [1.165, 1.54) is 6.92 Å². The Hall–Kier alpha value is -0.580. The SMILES string of the molecule is CCCCCCO[C@@](CC)(C(=O)O)C(O)(CCCCCC)C(O)C(O)COP(=O)(O)O. The normalized spacial score (nSPS) is 18.2. The van der Waals surface area contributed by atoms with Gasteiger partial charge in [-0.2, -0.15) is 0 Å². The van der Waals surface area contributed by atoms with Crippen molar-refractivity contribution in [3.05, 3.63) is 0 Å². The van der Waals surface area contributed by atoms with E-state index in [9.17, 15) is 29.8 Å². The molecule has 0 aromatic carbocycles. The van der Waals surface area contributed by atoms with Gasteiger partial charge in [0.2, 0.25) is 0 Å². The first-order valence-electron chi connectivity index (χ1n) is 11.1. The lowest BCUT2D eigenvalue weighted by Gasteiger charge is -2.47. The molecule has 31 heavy (non-hydrogen) atoms. The summed E-state index contributed by atoms with van der Waals surface area (Å²) < 4.78 is 20.9. The molecule has 0 saturated carbocycles. The summed E-state index contributed by atoms with van der Waals surface area (Å²) in [5.74, 6) is -1.48.